The first-order chi connectivity index (χ1) is 10.0. The first kappa shape index (κ1) is 16.0. The lowest BCUT2D eigenvalue weighted by molar-refractivity contribution is 0.571. The summed E-state index contributed by atoms with van der Waals surface area (Å²) >= 11 is 6.38. The van der Waals surface area contributed by atoms with Gasteiger partial charge in [0, 0.05) is 16.6 Å². The highest BCUT2D eigenvalue weighted by Gasteiger charge is 2.12. The molecule has 0 saturated carbocycles. The predicted molar refractivity (Wildman–Crippen MR) is 88.3 cm³/mol. The molecular weight excluding hydrogens is 285 g/mol. The van der Waals surface area contributed by atoms with Crippen molar-refractivity contribution in [3.05, 3.63) is 58.4 Å². The van der Waals surface area contributed by atoms with E-state index in [-0.39, 0.29) is 11.9 Å². The molecule has 2 aromatic rings. The summed E-state index contributed by atoms with van der Waals surface area (Å²) in [6.07, 6.45) is 1.08. The summed E-state index contributed by atoms with van der Waals surface area (Å²) in [6, 6.07) is 11.1. The second-order valence-electron chi connectivity index (χ2n) is 5.40. The van der Waals surface area contributed by atoms with Crippen molar-refractivity contribution in [1.82, 2.24) is 5.32 Å². The van der Waals surface area contributed by atoms with Crippen LogP contribution in [0, 0.1) is 12.7 Å². The number of halogens is 2. The van der Waals surface area contributed by atoms with Crippen molar-refractivity contribution >= 4 is 11.6 Å². The van der Waals surface area contributed by atoms with Crippen molar-refractivity contribution < 1.29 is 4.39 Å². The zero-order chi connectivity index (χ0) is 15.4. The van der Waals surface area contributed by atoms with Crippen molar-refractivity contribution in [2.24, 2.45) is 0 Å². The molecule has 112 valence electrons. The molecule has 2 aromatic carbocycles. The van der Waals surface area contributed by atoms with Gasteiger partial charge < -0.3 is 5.32 Å². The molecule has 21 heavy (non-hydrogen) atoms. The Balaban J connectivity index is 2.32. The van der Waals surface area contributed by atoms with Gasteiger partial charge >= 0.3 is 0 Å². The monoisotopic (exact) mass is 305 g/mol. The Morgan fingerprint density at radius 1 is 1.19 bits per heavy atom. The predicted octanol–water partition coefficient (Wildman–Crippen LogP) is 5.52. The number of hydrogen-bond acceptors (Lipinski definition) is 1. The summed E-state index contributed by atoms with van der Waals surface area (Å²) in [4.78, 5) is 0. The molecule has 1 atom stereocenters. The zero-order valence-electron chi connectivity index (χ0n) is 12.7. The Morgan fingerprint density at radius 2 is 1.95 bits per heavy atom. The molecule has 0 bridgehead atoms. The van der Waals surface area contributed by atoms with Crippen LogP contribution in [0.4, 0.5) is 4.39 Å². The normalized spacial score (nSPS) is 12.4. The van der Waals surface area contributed by atoms with Gasteiger partial charge in [-0.15, -0.1) is 0 Å². The molecule has 0 aliphatic heterocycles. The SMILES string of the molecule is CCCNC(C)c1ccc(-c2cc(C)ccc2F)cc1Cl. The lowest BCUT2D eigenvalue weighted by Crippen LogP contribution is -2.19. The molecule has 0 aliphatic carbocycles. The van der Waals surface area contributed by atoms with Crippen LogP contribution < -0.4 is 5.32 Å². The van der Waals surface area contributed by atoms with Crippen LogP contribution >= 0.6 is 11.6 Å². The molecule has 0 radical (unpaired) electrons. The van der Waals surface area contributed by atoms with Gasteiger partial charge in [0.1, 0.15) is 5.82 Å². The van der Waals surface area contributed by atoms with Crippen LogP contribution in [0.25, 0.3) is 11.1 Å². The summed E-state index contributed by atoms with van der Waals surface area (Å²) in [5.41, 5.74) is 3.48. The third kappa shape index (κ3) is 3.84. The molecule has 3 heteroatoms. The highest BCUT2D eigenvalue weighted by molar-refractivity contribution is 6.31. The molecule has 1 N–H and O–H groups in total. The van der Waals surface area contributed by atoms with Gasteiger partial charge in [0.15, 0.2) is 0 Å². The molecule has 0 aromatic heterocycles. The van der Waals surface area contributed by atoms with Gasteiger partial charge in [-0.05, 0) is 56.1 Å². The molecule has 1 unspecified atom stereocenters. The first-order valence-corrected chi connectivity index (χ1v) is 7.70. The number of hydrogen-bond donors (Lipinski definition) is 1. The maximum atomic E-state index is 14.0. The molecule has 0 spiro atoms. The average molecular weight is 306 g/mol. The Labute approximate surface area is 131 Å². The van der Waals surface area contributed by atoms with E-state index in [2.05, 4.69) is 19.2 Å². The Morgan fingerprint density at radius 3 is 2.62 bits per heavy atom. The average Bonchev–Trinajstić information content (AvgIpc) is 2.47. The van der Waals surface area contributed by atoms with E-state index in [4.69, 9.17) is 11.6 Å². The molecule has 1 nitrogen and oxygen atoms in total. The van der Waals surface area contributed by atoms with Gasteiger partial charge in [-0.25, -0.2) is 4.39 Å². The molecule has 0 saturated heterocycles. The van der Waals surface area contributed by atoms with E-state index in [0.29, 0.717) is 10.6 Å². The molecular formula is C18H21ClFN. The minimum absolute atomic E-state index is 0.189. The number of rotatable bonds is 5. The van der Waals surface area contributed by atoms with E-state index in [1.807, 2.05) is 31.2 Å². The van der Waals surface area contributed by atoms with Gasteiger partial charge in [0.2, 0.25) is 0 Å². The van der Waals surface area contributed by atoms with E-state index in [1.54, 1.807) is 6.07 Å². The molecule has 0 aliphatic rings. The lowest BCUT2D eigenvalue weighted by atomic mass is 9.99. The third-order valence-corrected chi connectivity index (χ3v) is 3.93. The number of aryl methyl sites for hydroxylation is 1. The van der Waals surface area contributed by atoms with Gasteiger partial charge in [0.25, 0.3) is 0 Å². The zero-order valence-corrected chi connectivity index (χ0v) is 13.5. The third-order valence-electron chi connectivity index (χ3n) is 3.60. The van der Waals surface area contributed by atoms with Crippen molar-refractivity contribution in [1.29, 1.82) is 0 Å². The first-order valence-electron chi connectivity index (χ1n) is 7.32. The van der Waals surface area contributed by atoms with Crippen LogP contribution in [-0.2, 0) is 0 Å². The molecule has 0 fully saturated rings. The van der Waals surface area contributed by atoms with Crippen molar-refractivity contribution in [3.8, 4) is 11.1 Å². The maximum Gasteiger partial charge on any atom is 0.131 e. The van der Waals surface area contributed by atoms with Crippen LogP contribution in [0.5, 0.6) is 0 Å². The fourth-order valence-electron chi connectivity index (χ4n) is 2.38. The van der Waals surface area contributed by atoms with Crippen molar-refractivity contribution in [3.63, 3.8) is 0 Å². The quantitative estimate of drug-likeness (QED) is 0.767. The molecule has 0 heterocycles. The Bertz CT molecular complexity index is 625. The number of benzene rings is 2. The van der Waals surface area contributed by atoms with Gasteiger partial charge in [-0.2, -0.15) is 0 Å². The second kappa shape index (κ2) is 7.06. The summed E-state index contributed by atoms with van der Waals surface area (Å²) in [7, 11) is 0. The standard InChI is InChI=1S/C18H21ClFN/c1-4-9-21-13(3)15-7-6-14(11-17(15)19)16-10-12(2)5-8-18(16)20/h5-8,10-11,13,21H,4,9H2,1-3H3. The van der Waals surface area contributed by atoms with Crippen LogP contribution in [0.3, 0.4) is 0 Å². The fraction of sp³-hybridized carbons (Fsp3) is 0.333. The van der Waals surface area contributed by atoms with Crippen LogP contribution in [0.15, 0.2) is 36.4 Å². The highest BCUT2D eigenvalue weighted by atomic mass is 35.5. The summed E-state index contributed by atoms with van der Waals surface area (Å²) < 4.78 is 14.0. The topological polar surface area (TPSA) is 12.0 Å². The summed E-state index contributed by atoms with van der Waals surface area (Å²) in [5.74, 6) is -0.221. The van der Waals surface area contributed by atoms with E-state index >= 15 is 0 Å². The largest absolute Gasteiger partial charge is 0.310 e. The highest BCUT2D eigenvalue weighted by Crippen LogP contribution is 2.30. The van der Waals surface area contributed by atoms with Gasteiger partial charge in [0.05, 0.1) is 0 Å². The van der Waals surface area contributed by atoms with Crippen LogP contribution in [-0.4, -0.2) is 6.54 Å². The smallest absolute Gasteiger partial charge is 0.131 e. The maximum absolute atomic E-state index is 14.0. The van der Waals surface area contributed by atoms with Crippen molar-refractivity contribution in [2.45, 2.75) is 33.2 Å². The minimum Gasteiger partial charge on any atom is -0.310 e. The Kier molecular flexibility index (Phi) is 5.38. The minimum atomic E-state index is -0.221. The second-order valence-corrected chi connectivity index (χ2v) is 5.80. The van der Waals surface area contributed by atoms with Crippen molar-refractivity contribution in [2.75, 3.05) is 6.54 Å². The fourth-order valence-corrected chi connectivity index (χ4v) is 2.72. The number of nitrogens with one attached hydrogen (secondary N) is 1. The van der Waals surface area contributed by atoms with Gasteiger partial charge in [-0.3, -0.25) is 0 Å². The van der Waals surface area contributed by atoms with E-state index in [0.717, 1.165) is 29.7 Å². The lowest BCUT2D eigenvalue weighted by Gasteiger charge is -2.16. The van der Waals surface area contributed by atoms with E-state index in [1.165, 1.54) is 6.07 Å². The van der Waals surface area contributed by atoms with E-state index in [9.17, 15) is 4.39 Å². The summed E-state index contributed by atoms with van der Waals surface area (Å²) in [6.45, 7) is 7.12. The molecule has 0 amide bonds. The van der Waals surface area contributed by atoms with Crippen LogP contribution in [0.1, 0.15) is 37.4 Å². The summed E-state index contributed by atoms with van der Waals surface area (Å²) in [5, 5.41) is 4.08. The van der Waals surface area contributed by atoms with E-state index < -0.39 is 0 Å². The molecule has 2 rings (SSSR count). The Hall–Kier alpha value is -1.38. The van der Waals surface area contributed by atoms with Gasteiger partial charge in [-0.1, -0.05) is 42.3 Å². The van der Waals surface area contributed by atoms with Crippen LogP contribution in [0.2, 0.25) is 5.02 Å².